The quantitative estimate of drug-likeness (QED) is 0.925. The Morgan fingerprint density at radius 1 is 1.19 bits per heavy atom. The van der Waals surface area contributed by atoms with E-state index in [1.54, 1.807) is 0 Å². The topological polar surface area (TPSA) is 38.5 Å². The van der Waals surface area contributed by atoms with Crippen molar-refractivity contribution in [1.82, 2.24) is 4.90 Å². The molecule has 2 N–H and O–H groups in total. The van der Waals surface area contributed by atoms with Crippen molar-refractivity contribution in [1.29, 1.82) is 0 Å². The monoisotopic (exact) mass is 288 g/mol. The molecule has 3 nitrogen and oxygen atoms in total. The van der Waals surface area contributed by atoms with Crippen LogP contribution >= 0.6 is 0 Å². The van der Waals surface area contributed by atoms with E-state index in [1.165, 1.54) is 49.7 Å². The van der Waals surface area contributed by atoms with E-state index in [-0.39, 0.29) is 5.60 Å². The Balaban J connectivity index is 1.60. The van der Waals surface area contributed by atoms with E-state index in [2.05, 4.69) is 36.2 Å². The zero-order valence-corrected chi connectivity index (χ0v) is 13.2. The first-order valence-electron chi connectivity index (χ1n) is 8.33. The molecule has 116 valence electrons. The molecule has 0 aromatic heterocycles. The van der Waals surface area contributed by atoms with Gasteiger partial charge in [-0.1, -0.05) is 37.1 Å². The minimum atomic E-state index is 0.209. The summed E-state index contributed by atoms with van der Waals surface area (Å²) in [7, 11) is 2.26. The second kappa shape index (κ2) is 6.47. The van der Waals surface area contributed by atoms with Gasteiger partial charge in [-0.15, -0.1) is 0 Å². The van der Waals surface area contributed by atoms with Crippen LogP contribution in [0.25, 0.3) is 0 Å². The second-order valence-corrected chi connectivity index (χ2v) is 6.82. The molecule has 0 amide bonds. The first-order chi connectivity index (χ1) is 10.2. The van der Waals surface area contributed by atoms with Crippen LogP contribution in [-0.4, -0.2) is 30.2 Å². The lowest BCUT2D eigenvalue weighted by Gasteiger charge is -2.42. The highest BCUT2D eigenvalue weighted by molar-refractivity contribution is 5.22. The van der Waals surface area contributed by atoms with E-state index in [9.17, 15) is 0 Å². The summed E-state index contributed by atoms with van der Waals surface area (Å²) < 4.78 is 6.15. The standard InChI is InChI=1S/C18H28N2O/c1-20(14-16-6-4-15(13-19)5-7-16)17-8-11-21-18(12-17)9-2-3-10-18/h4-7,17H,2-3,8-14,19H2,1H3. The van der Waals surface area contributed by atoms with Gasteiger partial charge in [0.25, 0.3) is 0 Å². The number of nitrogens with zero attached hydrogens (tertiary/aromatic N) is 1. The van der Waals surface area contributed by atoms with Crippen molar-refractivity contribution in [3.05, 3.63) is 35.4 Å². The maximum Gasteiger partial charge on any atom is 0.0697 e. The van der Waals surface area contributed by atoms with Gasteiger partial charge in [0.15, 0.2) is 0 Å². The van der Waals surface area contributed by atoms with E-state index < -0.39 is 0 Å². The van der Waals surface area contributed by atoms with Gasteiger partial charge in [0.1, 0.15) is 0 Å². The third kappa shape index (κ3) is 3.47. The van der Waals surface area contributed by atoms with Crippen molar-refractivity contribution in [2.24, 2.45) is 5.73 Å². The summed E-state index contributed by atoms with van der Waals surface area (Å²) in [6.07, 6.45) is 7.60. The summed E-state index contributed by atoms with van der Waals surface area (Å²) in [6.45, 7) is 2.57. The number of rotatable bonds is 4. The van der Waals surface area contributed by atoms with Crippen LogP contribution < -0.4 is 5.73 Å². The molecule has 1 aromatic carbocycles. The van der Waals surface area contributed by atoms with Crippen LogP contribution in [0.3, 0.4) is 0 Å². The number of ether oxygens (including phenoxy) is 1. The molecule has 21 heavy (non-hydrogen) atoms. The Bertz CT molecular complexity index is 451. The summed E-state index contributed by atoms with van der Waals surface area (Å²) in [6, 6.07) is 9.37. The van der Waals surface area contributed by atoms with Gasteiger partial charge >= 0.3 is 0 Å². The molecule has 1 aliphatic carbocycles. The Morgan fingerprint density at radius 3 is 2.52 bits per heavy atom. The number of benzene rings is 1. The molecule has 0 radical (unpaired) electrons. The zero-order valence-electron chi connectivity index (χ0n) is 13.2. The Kier molecular flexibility index (Phi) is 4.63. The molecule has 1 aromatic rings. The smallest absolute Gasteiger partial charge is 0.0697 e. The van der Waals surface area contributed by atoms with Crippen molar-refractivity contribution in [2.75, 3.05) is 13.7 Å². The first kappa shape index (κ1) is 15.0. The normalized spacial score (nSPS) is 24.8. The lowest BCUT2D eigenvalue weighted by molar-refractivity contribution is -0.0997. The fraction of sp³-hybridized carbons (Fsp3) is 0.667. The molecule has 1 aliphatic heterocycles. The maximum atomic E-state index is 6.15. The van der Waals surface area contributed by atoms with Crippen LogP contribution in [0.4, 0.5) is 0 Å². The predicted molar refractivity (Wildman–Crippen MR) is 86.0 cm³/mol. The summed E-state index contributed by atoms with van der Waals surface area (Å²) in [5.74, 6) is 0. The lowest BCUT2D eigenvalue weighted by atomic mass is 9.88. The molecule has 2 fully saturated rings. The molecule has 0 bridgehead atoms. The van der Waals surface area contributed by atoms with Crippen LogP contribution in [0.15, 0.2) is 24.3 Å². The summed E-state index contributed by atoms with van der Waals surface area (Å²) in [4.78, 5) is 2.51. The van der Waals surface area contributed by atoms with Gasteiger partial charge in [-0.05, 0) is 43.9 Å². The summed E-state index contributed by atoms with van der Waals surface area (Å²) >= 11 is 0. The third-order valence-corrected chi connectivity index (χ3v) is 5.30. The Morgan fingerprint density at radius 2 is 1.86 bits per heavy atom. The van der Waals surface area contributed by atoms with Gasteiger partial charge in [-0.2, -0.15) is 0 Å². The fourth-order valence-corrected chi connectivity index (χ4v) is 3.94. The first-order valence-corrected chi connectivity index (χ1v) is 8.33. The van der Waals surface area contributed by atoms with E-state index in [1.807, 2.05) is 0 Å². The van der Waals surface area contributed by atoms with Gasteiger partial charge in [0.05, 0.1) is 5.60 Å². The van der Waals surface area contributed by atoms with Crippen LogP contribution in [-0.2, 0) is 17.8 Å². The largest absolute Gasteiger partial charge is 0.375 e. The van der Waals surface area contributed by atoms with Crippen LogP contribution in [0.5, 0.6) is 0 Å². The number of hydrogen-bond donors (Lipinski definition) is 1. The van der Waals surface area contributed by atoms with E-state index in [0.717, 1.165) is 13.2 Å². The van der Waals surface area contributed by atoms with Crippen LogP contribution in [0.1, 0.15) is 49.7 Å². The van der Waals surface area contributed by atoms with Gasteiger partial charge in [0.2, 0.25) is 0 Å². The Hall–Kier alpha value is -0.900. The molecule has 3 heteroatoms. The van der Waals surface area contributed by atoms with Gasteiger partial charge < -0.3 is 10.5 Å². The number of nitrogens with two attached hydrogens (primary N) is 1. The minimum Gasteiger partial charge on any atom is -0.375 e. The maximum absolute atomic E-state index is 6.15. The molecule has 1 heterocycles. The highest BCUT2D eigenvalue weighted by Gasteiger charge is 2.40. The molecule has 1 saturated carbocycles. The molecular weight excluding hydrogens is 260 g/mol. The SMILES string of the molecule is CN(Cc1ccc(CN)cc1)C1CCOC2(CCCC2)C1. The summed E-state index contributed by atoms with van der Waals surface area (Å²) in [5.41, 5.74) is 8.45. The third-order valence-electron chi connectivity index (χ3n) is 5.30. The lowest BCUT2D eigenvalue weighted by Crippen LogP contribution is -2.46. The van der Waals surface area contributed by atoms with E-state index >= 15 is 0 Å². The van der Waals surface area contributed by atoms with Gasteiger partial charge in [-0.25, -0.2) is 0 Å². The average molecular weight is 288 g/mol. The van der Waals surface area contributed by atoms with Crippen LogP contribution in [0, 0.1) is 0 Å². The molecule has 1 unspecified atom stereocenters. The van der Waals surface area contributed by atoms with E-state index in [4.69, 9.17) is 10.5 Å². The molecule has 1 saturated heterocycles. The van der Waals surface area contributed by atoms with Crippen molar-refractivity contribution in [3.8, 4) is 0 Å². The number of hydrogen-bond acceptors (Lipinski definition) is 3. The molecule has 1 atom stereocenters. The van der Waals surface area contributed by atoms with Crippen molar-refractivity contribution >= 4 is 0 Å². The van der Waals surface area contributed by atoms with Gasteiger partial charge in [0, 0.05) is 25.7 Å². The van der Waals surface area contributed by atoms with E-state index in [0.29, 0.717) is 12.6 Å². The second-order valence-electron chi connectivity index (χ2n) is 6.82. The Labute approximate surface area is 128 Å². The zero-order chi connectivity index (χ0) is 14.7. The highest BCUT2D eigenvalue weighted by atomic mass is 16.5. The highest BCUT2D eigenvalue weighted by Crippen LogP contribution is 2.41. The minimum absolute atomic E-state index is 0.209. The molecule has 3 rings (SSSR count). The molecule has 2 aliphatic rings. The van der Waals surface area contributed by atoms with Crippen molar-refractivity contribution in [2.45, 2.75) is 63.3 Å². The fourth-order valence-electron chi connectivity index (χ4n) is 3.94. The van der Waals surface area contributed by atoms with Gasteiger partial charge in [-0.3, -0.25) is 4.90 Å². The summed E-state index contributed by atoms with van der Waals surface area (Å²) in [5, 5.41) is 0. The molecule has 1 spiro atoms. The van der Waals surface area contributed by atoms with Crippen LogP contribution in [0.2, 0.25) is 0 Å². The molecular formula is C18H28N2O. The average Bonchev–Trinajstić information content (AvgIpc) is 2.96. The predicted octanol–water partition coefficient (Wildman–Crippen LogP) is 3.07. The van der Waals surface area contributed by atoms with Crippen molar-refractivity contribution in [3.63, 3.8) is 0 Å². The van der Waals surface area contributed by atoms with Crippen molar-refractivity contribution < 1.29 is 4.74 Å².